The highest BCUT2D eigenvalue weighted by Gasteiger charge is 2.86. The summed E-state index contributed by atoms with van der Waals surface area (Å²) in [4.78, 5) is 37.9. The summed E-state index contributed by atoms with van der Waals surface area (Å²) in [7, 11) is 0. The van der Waals surface area contributed by atoms with Crippen LogP contribution in [0.4, 0.5) is 8.78 Å². The van der Waals surface area contributed by atoms with Gasteiger partial charge < -0.3 is 15.3 Å². The largest absolute Gasteiger partial charge is 0.480 e. The van der Waals surface area contributed by atoms with E-state index in [4.69, 9.17) is 0 Å². The number of carboxylic acid groups (broad SMARTS) is 1. The Morgan fingerprint density at radius 2 is 1.70 bits per heavy atom. The highest BCUT2D eigenvalue weighted by Crippen LogP contribution is 2.78. The van der Waals surface area contributed by atoms with Gasteiger partial charge >= 0.3 is 5.97 Å². The van der Waals surface area contributed by atoms with Crippen LogP contribution in [0, 0.1) is 17.8 Å². The van der Waals surface area contributed by atoms with Crippen molar-refractivity contribution in [3.8, 4) is 11.1 Å². The number of hydrogen-bond donors (Lipinski definition) is 2. The fraction of sp³-hybridized carbons (Fsp3) is 0.318. The summed E-state index contributed by atoms with van der Waals surface area (Å²) >= 11 is 0. The van der Waals surface area contributed by atoms with Crippen LogP contribution in [0.15, 0.2) is 42.5 Å². The molecule has 4 fully saturated rings. The van der Waals surface area contributed by atoms with Gasteiger partial charge in [-0.15, -0.1) is 0 Å². The molecule has 2 heterocycles. The Hall–Kier alpha value is -3.29. The summed E-state index contributed by atoms with van der Waals surface area (Å²) in [6.07, 6.45) is 0. The van der Waals surface area contributed by atoms with Gasteiger partial charge in [0.1, 0.15) is 6.04 Å². The minimum Gasteiger partial charge on any atom is -0.480 e. The van der Waals surface area contributed by atoms with Crippen LogP contribution in [-0.2, 0) is 15.5 Å². The number of nitrogens with one attached hydrogen (secondary N) is 1. The molecule has 152 valence electrons. The number of fused-ring (bicyclic) bond motifs is 4. The Morgan fingerprint density at radius 1 is 1.00 bits per heavy atom. The van der Waals surface area contributed by atoms with Gasteiger partial charge in [0.05, 0.1) is 6.54 Å². The minimum absolute atomic E-state index is 0.000713. The van der Waals surface area contributed by atoms with E-state index in [0.717, 1.165) is 0 Å². The summed E-state index contributed by atoms with van der Waals surface area (Å²) in [6, 6.07) is 9.34. The maximum absolute atomic E-state index is 14.6. The van der Waals surface area contributed by atoms with Crippen molar-refractivity contribution in [2.45, 2.75) is 18.0 Å². The van der Waals surface area contributed by atoms with Crippen molar-refractivity contribution in [1.29, 1.82) is 0 Å². The highest BCUT2D eigenvalue weighted by atomic mass is 19.3. The molecule has 30 heavy (non-hydrogen) atoms. The molecule has 2 unspecified atom stereocenters. The van der Waals surface area contributed by atoms with E-state index in [1.807, 2.05) is 0 Å². The van der Waals surface area contributed by atoms with E-state index < -0.39 is 29.7 Å². The SMILES string of the molecule is O=C(NCC(=O)N1[C@H](C(=O)O)C2C3[C@@H]2[C@H]31)c1ccc2c(c1)-c1ccccc1C2(F)F. The Bertz CT molecular complexity index is 1150. The van der Waals surface area contributed by atoms with E-state index >= 15 is 0 Å². The van der Waals surface area contributed by atoms with Gasteiger partial charge in [0, 0.05) is 28.7 Å². The van der Waals surface area contributed by atoms with Gasteiger partial charge in [-0.1, -0.05) is 30.3 Å². The molecule has 2 bridgehead atoms. The van der Waals surface area contributed by atoms with Crippen LogP contribution in [0.25, 0.3) is 11.1 Å². The summed E-state index contributed by atoms with van der Waals surface area (Å²) in [6.45, 7) is -0.324. The molecule has 2 amide bonds. The molecule has 2 aliphatic heterocycles. The number of hydrogen-bond acceptors (Lipinski definition) is 3. The van der Waals surface area contributed by atoms with Gasteiger partial charge in [-0.05, 0) is 35.1 Å². The van der Waals surface area contributed by atoms with E-state index in [1.165, 1.54) is 29.2 Å². The summed E-state index contributed by atoms with van der Waals surface area (Å²) < 4.78 is 29.3. The molecule has 2 aromatic carbocycles. The first-order chi connectivity index (χ1) is 14.3. The molecule has 0 spiro atoms. The standard InChI is InChI=1S/C22H16F2N2O4/c23-22(24)12-4-2-1-3-10(12)11-7-9(5-6-13(11)22)20(28)25-8-14(27)26-18-15-16(18)17(15)19(26)21(29)30/h1-7,15-19H,8H2,(H,25,28)(H,29,30)/t15-,16?,17?,18+,19-/m0/s1. The van der Waals surface area contributed by atoms with Gasteiger partial charge in [0.15, 0.2) is 0 Å². The van der Waals surface area contributed by atoms with Crippen molar-refractivity contribution in [3.63, 3.8) is 0 Å². The van der Waals surface area contributed by atoms with E-state index in [1.54, 1.807) is 18.2 Å². The van der Waals surface area contributed by atoms with E-state index in [2.05, 4.69) is 5.32 Å². The number of rotatable bonds is 4. The molecule has 2 aromatic rings. The van der Waals surface area contributed by atoms with E-state index in [9.17, 15) is 28.3 Å². The molecule has 0 radical (unpaired) electrons. The molecule has 5 aliphatic rings. The third-order valence-corrected chi connectivity index (χ3v) is 6.94. The first-order valence-corrected chi connectivity index (χ1v) is 9.77. The predicted molar refractivity (Wildman–Crippen MR) is 99.7 cm³/mol. The molecule has 7 rings (SSSR count). The molecule has 6 nitrogen and oxygen atoms in total. The van der Waals surface area contributed by atoms with Gasteiger partial charge in [0.2, 0.25) is 5.91 Å². The monoisotopic (exact) mass is 410 g/mol. The number of carboxylic acids is 1. The number of piperidine rings is 1. The molecule has 0 aromatic heterocycles. The van der Waals surface area contributed by atoms with Crippen molar-refractivity contribution in [2.24, 2.45) is 17.8 Å². The Balaban J connectivity index is 1.20. The second-order valence-corrected chi connectivity index (χ2v) is 8.37. The van der Waals surface area contributed by atoms with Crippen LogP contribution in [0.3, 0.4) is 0 Å². The molecule has 8 heteroatoms. The molecule has 5 atom stereocenters. The lowest BCUT2D eigenvalue weighted by atomic mass is 10.0. The third-order valence-electron chi connectivity index (χ3n) is 6.94. The van der Waals surface area contributed by atoms with Crippen molar-refractivity contribution >= 4 is 17.8 Å². The number of nitrogens with zero attached hydrogens (tertiary/aromatic N) is 1. The van der Waals surface area contributed by atoms with Crippen LogP contribution in [0.5, 0.6) is 0 Å². The maximum Gasteiger partial charge on any atom is 0.326 e. The van der Waals surface area contributed by atoms with Crippen LogP contribution >= 0.6 is 0 Å². The average Bonchev–Trinajstić information content (AvgIpc) is 3.53. The summed E-state index contributed by atoms with van der Waals surface area (Å²) in [5.74, 6) is -4.44. The number of carbonyl (C=O) groups is 3. The number of amides is 2. The lowest BCUT2D eigenvalue weighted by Crippen LogP contribution is -2.46. The first kappa shape index (κ1) is 17.6. The molecule has 2 saturated carbocycles. The number of aliphatic carboxylic acids is 1. The zero-order valence-corrected chi connectivity index (χ0v) is 15.5. The number of halogens is 2. The normalized spacial score (nSPS) is 30.2. The molecule has 3 aliphatic carbocycles. The lowest BCUT2D eigenvalue weighted by molar-refractivity contribution is -0.148. The second kappa shape index (κ2) is 5.44. The first-order valence-electron chi connectivity index (χ1n) is 9.77. The Kier molecular flexibility index (Phi) is 3.18. The van der Waals surface area contributed by atoms with E-state index in [0.29, 0.717) is 23.0 Å². The number of carbonyl (C=O) groups excluding carboxylic acids is 2. The Labute approximate surface area is 169 Å². The average molecular weight is 410 g/mol. The van der Waals surface area contributed by atoms with Gasteiger partial charge in [0.25, 0.3) is 11.8 Å². The minimum atomic E-state index is -3.12. The highest BCUT2D eigenvalue weighted by molar-refractivity contribution is 5.99. The smallest absolute Gasteiger partial charge is 0.326 e. The fourth-order valence-electron chi connectivity index (χ4n) is 5.47. The van der Waals surface area contributed by atoms with Gasteiger partial charge in [-0.2, -0.15) is 8.78 Å². The maximum atomic E-state index is 14.6. The zero-order valence-electron chi connectivity index (χ0n) is 15.5. The molecular weight excluding hydrogens is 394 g/mol. The molecule has 2 saturated heterocycles. The summed E-state index contributed by atoms with van der Waals surface area (Å²) in [5.41, 5.74) is 0.598. The molecule has 2 N–H and O–H groups in total. The van der Waals surface area contributed by atoms with Crippen molar-refractivity contribution in [2.75, 3.05) is 6.54 Å². The Morgan fingerprint density at radius 3 is 2.43 bits per heavy atom. The fourth-order valence-corrected chi connectivity index (χ4v) is 5.47. The van der Waals surface area contributed by atoms with E-state index in [-0.39, 0.29) is 35.2 Å². The number of benzene rings is 2. The zero-order chi connectivity index (χ0) is 20.9. The van der Waals surface area contributed by atoms with Crippen LogP contribution < -0.4 is 5.32 Å². The van der Waals surface area contributed by atoms with Crippen LogP contribution in [-0.4, -0.2) is 46.4 Å². The van der Waals surface area contributed by atoms with Crippen molar-refractivity contribution < 1.29 is 28.3 Å². The van der Waals surface area contributed by atoms with Crippen molar-refractivity contribution in [3.05, 3.63) is 59.2 Å². The lowest BCUT2D eigenvalue weighted by Gasteiger charge is -2.21. The van der Waals surface area contributed by atoms with Crippen LogP contribution in [0.1, 0.15) is 21.5 Å². The second-order valence-electron chi connectivity index (χ2n) is 8.37. The van der Waals surface area contributed by atoms with Crippen molar-refractivity contribution in [1.82, 2.24) is 10.2 Å². The quantitative estimate of drug-likeness (QED) is 0.808. The van der Waals surface area contributed by atoms with Gasteiger partial charge in [-0.25, -0.2) is 4.79 Å². The van der Waals surface area contributed by atoms with Crippen LogP contribution in [0.2, 0.25) is 0 Å². The summed E-state index contributed by atoms with van der Waals surface area (Å²) in [5, 5.41) is 11.9. The van der Waals surface area contributed by atoms with Gasteiger partial charge in [-0.3, -0.25) is 9.59 Å². The third kappa shape index (κ3) is 2.08. The number of alkyl halides is 2. The molecular formula is C22H16F2N2O4. The topological polar surface area (TPSA) is 86.7 Å². The predicted octanol–water partition coefficient (Wildman–Crippen LogP) is 2.08.